The summed E-state index contributed by atoms with van der Waals surface area (Å²) in [6, 6.07) is 14.2. The molecule has 0 aliphatic carbocycles. The van der Waals surface area contributed by atoms with E-state index in [0.29, 0.717) is 13.2 Å². The third kappa shape index (κ3) is 4.11. The standard InChI is InChI=1S/C19H23N3O2/c1-22(14-15-7-3-2-4-8-15)18-16(9-5-11-20-18)13-21-19(23)17-10-6-12-24-17/h2-5,7-9,11,17H,6,10,12-14H2,1H3,(H,21,23)/t17-/m1/s1. The third-order valence-corrected chi connectivity index (χ3v) is 4.17. The van der Waals surface area contributed by atoms with Gasteiger partial charge in [0.15, 0.2) is 0 Å². The van der Waals surface area contributed by atoms with Gasteiger partial charge >= 0.3 is 0 Å². The summed E-state index contributed by atoms with van der Waals surface area (Å²) in [5, 5.41) is 2.97. The van der Waals surface area contributed by atoms with Gasteiger partial charge in [-0.2, -0.15) is 0 Å². The molecule has 0 saturated carbocycles. The largest absolute Gasteiger partial charge is 0.368 e. The predicted molar refractivity (Wildman–Crippen MR) is 93.6 cm³/mol. The van der Waals surface area contributed by atoms with Crippen molar-refractivity contribution in [3.05, 3.63) is 59.8 Å². The highest BCUT2D eigenvalue weighted by Crippen LogP contribution is 2.18. The van der Waals surface area contributed by atoms with Crippen LogP contribution in [0.25, 0.3) is 0 Å². The zero-order chi connectivity index (χ0) is 16.8. The Bertz CT molecular complexity index is 669. The molecule has 0 radical (unpaired) electrons. The van der Waals surface area contributed by atoms with Gasteiger partial charge in [-0.1, -0.05) is 36.4 Å². The molecule has 5 nitrogen and oxygen atoms in total. The fourth-order valence-corrected chi connectivity index (χ4v) is 2.92. The Kier molecular flexibility index (Phi) is 5.43. The monoisotopic (exact) mass is 325 g/mol. The zero-order valence-corrected chi connectivity index (χ0v) is 13.9. The van der Waals surface area contributed by atoms with Crippen molar-refractivity contribution < 1.29 is 9.53 Å². The van der Waals surface area contributed by atoms with Gasteiger partial charge in [-0.05, 0) is 24.5 Å². The molecule has 24 heavy (non-hydrogen) atoms. The normalized spacial score (nSPS) is 16.8. The van der Waals surface area contributed by atoms with Crippen molar-refractivity contribution in [1.29, 1.82) is 0 Å². The number of rotatable bonds is 6. The molecule has 3 rings (SSSR count). The molecule has 1 N–H and O–H groups in total. The van der Waals surface area contributed by atoms with Gasteiger partial charge in [0.1, 0.15) is 11.9 Å². The van der Waals surface area contributed by atoms with E-state index >= 15 is 0 Å². The second kappa shape index (κ2) is 7.93. The Hall–Kier alpha value is -2.40. The van der Waals surface area contributed by atoms with E-state index < -0.39 is 0 Å². The van der Waals surface area contributed by atoms with Crippen molar-refractivity contribution in [1.82, 2.24) is 10.3 Å². The van der Waals surface area contributed by atoms with Crippen LogP contribution in [0.4, 0.5) is 5.82 Å². The molecule has 1 saturated heterocycles. The molecule has 5 heteroatoms. The third-order valence-electron chi connectivity index (χ3n) is 4.17. The van der Waals surface area contributed by atoms with E-state index in [1.165, 1.54) is 5.56 Å². The van der Waals surface area contributed by atoms with Crippen LogP contribution in [0, 0.1) is 0 Å². The number of anilines is 1. The van der Waals surface area contributed by atoms with E-state index in [2.05, 4.69) is 27.3 Å². The van der Waals surface area contributed by atoms with Crippen LogP contribution in [0.1, 0.15) is 24.0 Å². The summed E-state index contributed by atoms with van der Waals surface area (Å²) in [6.45, 7) is 1.90. The van der Waals surface area contributed by atoms with Crippen LogP contribution in [0.3, 0.4) is 0 Å². The Labute approximate surface area is 142 Å². The molecule has 1 aliphatic rings. The first-order valence-electron chi connectivity index (χ1n) is 8.32. The van der Waals surface area contributed by atoms with Crippen LogP contribution in [0.5, 0.6) is 0 Å². The van der Waals surface area contributed by atoms with E-state index in [4.69, 9.17) is 4.74 Å². The first-order valence-corrected chi connectivity index (χ1v) is 8.32. The van der Waals surface area contributed by atoms with E-state index in [1.807, 2.05) is 37.4 Å². The molecule has 1 fully saturated rings. The van der Waals surface area contributed by atoms with Crippen molar-refractivity contribution in [2.45, 2.75) is 32.0 Å². The molecule has 2 heterocycles. The first kappa shape index (κ1) is 16.5. The number of amides is 1. The predicted octanol–water partition coefficient (Wildman–Crippen LogP) is 2.51. The number of hydrogen-bond donors (Lipinski definition) is 1. The molecule has 1 aliphatic heterocycles. The fraction of sp³-hybridized carbons (Fsp3) is 0.368. The number of benzene rings is 1. The highest BCUT2D eigenvalue weighted by atomic mass is 16.5. The smallest absolute Gasteiger partial charge is 0.249 e. The maximum absolute atomic E-state index is 12.1. The number of nitrogens with one attached hydrogen (secondary N) is 1. The minimum Gasteiger partial charge on any atom is -0.368 e. The van der Waals surface area contributed by atoms with Gasteiger partial charge in [0.25, 0.3) is 0 Å². The first-order chi connectivity index (χ1) is 11.7. The van der Waals surface area contributed by atoms with Crippen LogP contribution >= 0.6 is 0 Å². The number of pyridine rings is 1. The number of aromatic nitrogens is 1. The maximum Gasteiger partial charge on any atom is 0.249 e. The van der Waals surface area contributed by atoms with Gasteiger partial charge in [0.2, 0.25) is 5.91 Å². The Morgan fingerprint density at radius 1 is 1.29 bits per heavy atom. The summed E-state index contributed by atoms with van der Waals surface area (Å²) < 4.78 is 5.42. The van der Waals surface area contributed by atoms with E-state index in [1.54, 1.807) is 6.20 Å². The van der Waals surface area contributed by atoms with Gasteiger partial charge < -0.3 is 15.0 Å². The van der Waals surface area contributed by atoms with Gasteiger partial charge in [-0.25, -0.2) is 4.98 Å². The quantitative estimate of drug-likeness (QED) is 0.887. The minimum atomic E-state index is -0.299. The lowest BCUT2D eigenvalue weighted by Gasteiger charge is -2.21. The lowest BCUT2D eigenvalue weighted by atomic mass is 10.2. The molecule has 1 atom stereocenters. The summed E-state index contributed by atoms with van der Waals surface area (Å²) in [5.41, 5.74) is 2.22. The fourth-order valence-electron chi connectivity index (χ4n) is 2.92. The molecule has 0 spiro atoms. The molecular weight excluding hydrogens is 302 g/mol. The van der Waals surface area contributed by atoms with E-state index in [-0.39, 0.29) is 12.0 Å². The van der Waals surface area contributed by atoms with Gasteiger partial charge in [0.05, 0.1) is 0 Å². The lowest BCUT2D eigenvalue weighted by Crippen LogP contribution is -2.34. The molecule has 1 aromatic heterocycles. The molecule has 0 unspecified atom stereocenters. The molecule has 2 aromatic rings. The molecule has 126 valence electrons. The van der Waals surface area contributed by atoms with Crippen LogP contribution in [0.15, 0.2) is 48.7 Å². The van der Waals surface area contributed by atoms with Crippen LogP contribution in [-0.4, -0.2) is 30.6 Å². The summed E-state index contributed by atoms with van der Waals surface area (Å²) in [7, 11) is 2.01. The second-order valence-corrected chi connectivity index (χ2v) is 6.05. The number of ether oxygens (including phenoxy) is 1. The van der Waals surface area contributed by atoms with Crippen LogP contribution in [0.2, 0.25) is 0 Å². The highest BCUT2D eigenvalue weighted by molar-refractivity contribution is 5.81. The van der Waals surface area contributed by atoms with Gasteiger partial charge in [-0.15, -0.1) is 0 Å². The summed E-state index contributed by atoms with van der Waals surface area (Å²) >= 11 is 0. The molecular formula is C19H23N3O2. The van der Waals surface area contributed by atoms with Crippen molar-refractivity contribution in [2.24, 2.45) is 0 Å². The van der Waals surface area contributed by atoms with Crippen LogP contribution in [-0.2, 0) is 22.6 Å². The number of carbonyl (C=O) groups excluding carboxylic acids is 1. The second-order valence-electron chi connectivity index (χ2n) is 6.05. The van der Waals surface area contributed by atoms with Crippen molar-refractivity contribution in [3.8, 4) is 0 Å². The van der Waals surface area contributed by atoms with E-state index in [9.17, 15) is 4.79 Å². The molecule has 1 amide bonds. The van der Waals surface area contributed by atoms with Crippen molar-refractivity contribution >= 4 is 11.7 Å². The summed E-state index contributed by atoms with van der Waals surface area (Å²) in [4.78, 5) is 18.7. The van der Waals surface area contributed by atoms with Crippen molar-refractivity contribution in [2.75, 3.05) is 18.6 Å². The minimum absolute atomic E-state index is 0.0342. The Morgan fingerprint density at radius 2 is 2.12 bits per heavy atom. The topological polar surface area (TPSA) is 54.5 Å². The number of carbonyl (C=O) groups is 1. The van der Waals surface area contributed by atoms with Crippen LogP contribution < -0.4 is 10.2 Å². The van der Waals surface area contributed by atoms with Crippen molar-refractivity contribution in [3.63, 3.8) is 0 Å². The van der Waals surface area contributed by atoms with Gasteiger partial charge in [0, 0.05) is 38.5 Å². The molecule has 0 bridgehead atoms. The Balaban J connectivity index is 1.64. The Morgan fingerprint density at radius 3 is 2.88 bits per heavy atom. The van der Waals surface area contributed by atoms with E-state index in [0.717, 1.165) is 30.8 Å². The van der Waals surface area contributed by atoms with Gasteiger partial charge in [-0.3, -0.25) is 4.79 Å². The molecule has 1 aromatic carbocycles. The average molecular weight is 325 g/mol. The summed E-state index contributed by atoms with van der Waals surface area (Å²) in [6.07, 6.45) is 3.24. The maximum atomic E-state index is 12.1. The SMILES string of the molecule is CN(Cc1ccccc1)c1ncccc1CNC(=O)[C@H]1CCCO1. The zero-order valence-electron chi connectivity index (χ0n) is 13.9. The highest BCUT2D eigenvalue weighted by Gasteiger charge is 2.23. The number of nitrogens with zero attached hydrogens (tertiary/aromatic N) is 2. The average Bonchev–Trinajstić information content (AvgIpc) is 3.15. The number of hydrogen-bond acceptors (Lipinski definition) is 4. The summed E-state index contributed by atoms with van der Waals surface area (Å²) in [5.74, 6) is 0.849. The lowest BCUT2D eigenvalue weighted by molar-refractivity contribution is -0.130.